The van der Waals surface area contributed by atoms with Crippen molar-refractivity contribution in [3.63, 3.8) is 0 Å². The van der Waals surface area contributed by atoms with Gasteiger partial charge in [-0.3, -0.25) is 0 Å². The van der Waals surface area contributed by atoms with Gasteiger partial charge in [0.15, 0.2) is 0 Å². The first-order valence-electron chi connectivity index (χ1n) is 10.6. The number of hydrogen-bond acceptors (Lipinski definition) is 5. The summed E-state index contributed by atoms with van der Waals surface area (Å²) in [4.78, 5) is 9.58. The van der Waals surface area contributed by atoms with Crippen molar-refractivity contribution in [3.8, 4) is 5.75 Å². The molecule has 1 aromatic carbocycles. The monoisotopic (exact) mass is 380 g/mol. The van der Waals surface area contributed by atoms with Gasteiger partial charge in [0.05, 0.1) is 18.8 Å². The molecule has 1 saturated heterocycles. The number of amidine groups is 1. The highest BCUT2D eigenvalue weighted by molar-refractivity contribution is 5.98. The smallest absolute Gasteiger partial charge is 0.119 e. The zero-order chi connectivity index (χ0) is 19.3. The predicted octanol–water partition coefficient (Wildman–Crippen LogP) is 3.80. The summed E-state index contributed by atoms with van der Waals surface area (Å²) in [6.07, 6.45) is 8.04. The first kappa shape index (κ1) is 19.1. The second kappa shape index (κ2) is 8.82. The third-order valence-corrected chi connectivity index (χ3v) is 5.80. The molecule has 0 radical (unpaired) electrons. The number of nitrogens with one attached hydrogen (secondary N) is 1. The zero-order valence-corrected chi connectivity index (χ0v) is 17.2. The molecule has 150 valence electrons. The molecule has 3 heterocycles. The minimum atomic E-state index is 0.779. The summed E-state index contributed by atoms with van der Waals surface area (Å²) in [6, 6.07) is 8.41. The Bertz CT molecular complexity index is 765. The number of likely N-dealkylation sites (tertiary alicyclic amines) is 1. The van der Waals surface area contributed by atoms with Crippen LogP contribution in [0.3, 0.4) is 0 Å². The van der Waals surface area contributed by atoms with E-state index in [9.17, 15) is 0 Å². The van der Waals surface area contributed by atoms with Crippen LogP contribution in [0.25, 0.3) is 0 Å². The third-order valence-electron chi connectivity index (χ3n) is 5.80. The lowest BCUT2D eigenvalue weighted by atomic mass is 10.0. The van der Waals surface area contributed by atoms with E-state index in [1.165, 1.54) is 31.5 Å². The molecule has 1 fully saturated rings. The first-order valence-corrected chi connectivity index (χ1v) is 10.6. The molecule has 1 aromatic rings. The van der Waals surface area contributed by atoms with Gasteiger partial charge in [-0.2, -0.15) is 0 Å². The fraction of sp³-hybridized carbons (Fsp3) is 0.522. The summed E-state index contributed by atoms with van der Waals surface area (Å²) in [6.45, 7) is 10.6. The number of hydrogen-bond donors (Lipinski definition) is 1. The van der Waals surface area contributed by atoms with E-state index in [2.05, 4.69) is 65.5 Å². The van der Waals surface area contributed by atoms with Crippen molar-refractivity contribution in [2.75, 3.05) is 44.2 Å². The van der Waals surface area contributed by atoms with Crippen LogP contribution >= 0.6 is 0 Å². The molecule has 3 aliphatic rings. The van der Waals surface area contributed by atoms with Crippen molar-refractivity contribution < 1.29 is 4.74 Å². The second-order valence-corrected chi connectivity index (χ2v) is 8.16. The molecule has 3 aliphatic heterocycles. The fourth-order valence-electron chi connectivity index (χ4n) is 4.27. The fourth-order valence-corrected chi connectivity index (χ4v) is 4.27. The number of benzene rings is 1. The largest absolute Gasteiger partial charge is 0.494 e. The molecule has 1 N–H and O–H groups in total. The number of anilines is 1. The molecule has 0 unspecified atom stereocenters. The second-order valence-electron chi connectivity index (χ2n) is 8.16. The normalized spacial score (nSPS) is 22.6. The van der Waals surface area contributed by atoms with Crippen molar-refractivity contribution in [2.24, 2.45) is 10.9 Å². The number of dihydropyridines is 1. The number of ether oxygens (including phenoxy) is 1. The lowest BCUT2D eigenvalue weighted by Gasteiger charge is -2.31. The molecule has 0 saturated carbocycles. The van der Waals surface area contributed by atoms with Gasteiger partial charge in [-0.15, -0.1) is 0 Å². The molecule has 5 heteroatoms. The summed E-state index contributed by atoms with van der Waals surface area (Å²) < 4.78 is 5.97. The molecule has 1 atom stereocenters. The van der Waals surface area contributed by atoms with Crippen molar-refractivity contribution >= 4 is 11.5 Å². The van der Waals surface area contributed by atoms with Crippen LogP contribution in [0.1, 0.15) is 33.1 Å². The van der Waals surface area contributed by atoms with Crippen LogP contribution in [0.4, 0.5) is 5.69 Å². The standard InChI is InChI=1S/C23H32N4O/c1-18-5-3-12-26(16-18)13-4-14-28-22-8-6-21(7-9-22)27-17-20-15-24-11-10-23(20)25-19(27)2/h6-10,15,18,24H,3-5,11-14,16-17H2,1-2H3/t18-/m0/s1. The Balaban J connectivity index is 1.28. The van der Waals surface area contributed by atoms with Gasteiger partial charge < -0.3 is 19.9 Å². The van der Waals surface area contributed by atoms with Gasteiger partial charge in [0.25, 0.3) is 0 Å². The van der Waals surface area contributed by atoms with Crippen LogP contribution in [-0.4, -0.2) is 50.1 Å². The van der Waals surface area contributed by atoms with E-state index in [0.29, 0.717) is 0 Å². The van der Waals surface area contributed by atoms with Crippen LogP contribution in [0.15, 0.2) is 52.8 Å². The van der Waals surface area contributed by atoms with Gasteiger partial charge >= 0.3 is 0 Å². The molecule has 4 rings (SSSR count). The minimum absolute atomic E-state index is 0.779. The summed E-state index contributed by atoms with van der Waals surface area (Å²) in [7, 11) is 0. The maximum absolute atomic E-state index is 5.97. The van der Waals surface area contributed by atoms with E-state index in [-0.39, 0.29) is 0 Å². The molecule has 0 bridgehead atoms. The molecule has 0 amide bonds. The van der Waals surface area contributed by atoms with Crippen LogP contribution < -0.4 is 15.0 Å². The van der Waals surface area contributed by atoms with E-state index in [1.807, 2.05) is 0 Å². The molecular formula is C23H32N4O. The molecular weight excluding hydrogens is 348 g/mol. The average Bonchev–Trinajstić information content (AvgIpc) is 2.71. The topological polar surface area (TPSA) is 40.1 Å². The summed E-state index contributed by atoms with van der Waals surface area (Å²) in [5.41, 5.74) is 3.50. The van der Waals surface area contributed by atoms with Gasteiger partial charge in [-0.05, 0) is 69.0 Å². The van der Waals surface area contributed by atoms with Crippen LogP contribution in [-0.2, 0) is 0 Å². The van der Waals surface area contributed by atoms with Crippen LogP contribution in [0.5, 0.6) is 5.75 Å². The lowest BCUT2D eigenvalue weighted by Crippen LogP contribution is -2.36. The lowest BCUT2D eigenvalue weighted by molar-refractivity contribution is 0.170. The van der Waals surface area contributed by atoms with E-state index < -0.39 is 0 Å². The van der Waals surface area contributed by atoms with Crippen molar-refractivity contribution in [2.45, 2.75) is 33.1 Å². The predicted molar refractivity (Wildman–Crippen MR) is 116 cm³/mol. The van der Waals surface area contributed by atoms with E-state index in [4.69, 9.17) is 9.73 Å². The summed E-state index contributed by atoms with van der Waals surface area (Å²) in [5.74, 6) is 2.83. The molecule has 5 nitrogen and oxygen atoms in total. The molecule has 28 heavy (non-hydrogen) atoms. The van der Waals surface area contributed by atoms with Gasteiger partial charge in [0, 0.05) is 37.1 Å². The number of rotatable bonds is 6. The van der Waals surface area contributed by atoms with Crippen molar-refractivity contribution in [1.29, 1.82) is 0 Å². The number of piperidine rings is 1. The van der Waals surface area contributed by atoms with E-state index in [0.717, 1.165) is 61.5 Å². The highest BCUT2D eigenvalue weighted by atomic mass is 16.5. The highest BCUT2D eigenvalue weighted by Gasteiger charge is 2.21. The Morgan fingerprint density at radius 2 is 2.11 bits per heavy atom. The SMILES string of the molecule is CC1=NC2=CCNC=C2CN1c1ccc(OCCCN2CCC[C@H](C)C2)cc1. The van der Waals surface area contributed by atoms with Gasteiger partial charge in [0.1, 0.15) is 11.6 Å². The Labute approximate surface area is 168 Å². The molecule has 0 aliphatic carbocycles. The Kier molecular flexibility index (Phi) is 6.01. The average molecular weight is 381 g/mol. The van der Waals surface area contributed by atoms with Crippen molar-refractivity contribution in [3.05, 3.63) is 47.8 Å². The maximum atomic E-state index is 5.97. The Morgan fingerprint density at radius 3 is 2.93 bits per heavy atom. The molecule has 0 spiro atoms. The number of fused-ring (bicyclic) bond motifs is 1. The zero-order valence-electron chi connectivity index (χ0n) is 17.2. The van der Waals surface area contributed by atoms with E-state index in [1.54, 1.807) is 0 Å². The van der Waals surface area contributed by atoms with Gasteiger partial charge in [-0.1, -0.05) is 6.92 Å². The summed E-state index contributed by atoms with van der Waals surface area (Å²) in [5, 5.41) is 3.28. The number of nitrogens with zero attached hydrogens (tertiary/aromatic N) is 3. The van der Waals surface area contributed by atoms with Crippen molar-refractivity contribution in [1.82, 2.24) is 10.2 Å². The minimum Gasteiger partial charge on any atom is -0.494 e. The Hall–Kier alpha value is -2.27. The number of aliphatic imine (C=N–C) groups is 1. The summed E-state index contributed by atoms with van der Waals surface area (Å²) >= 11 is 0. The van der Waals surface area contributed by atoms with Crippen LogP contribution in [0.2, 0.25) is 0 Å². The maximum Gasteiger partial charge on any atom is 0.119 e. The third kappa shape index (κ3) is 4.58. The molecule has 0 aromatic heterocycles. The highest BCUT2D eigenvalue weighted by Crippen LogP contribution is 2.27. The van der Waals surface area contributed by atoms with Gasteiger partial charge in [0.2, 0.25) is 0 Å². The first-order chi connectivity index (χ1) is 13.7. The van der Waals surface area contributed by atoms with Crippen LogP contribution in [0, 0.1) is 5.92 Å². The van der Waals surface area contributed by atoms with E-state index >= 15 is 0 Å². The quantitative estimate of drug-likeness (QED) is 0.762. The Morgan fingerprint density at radius 1 is 1.25 bits per heavy atom. The van der Waals surface area contributed by atoms with Gasteiger partial charge in [-0.25, -0.2) is 4.99 Å².